The monoisotopic (exact) mass is 1100 g/mol. The zero-order valence-electron chi connectivity index (χ0n) is 45.3. The molecule has 0 amide bonds. The third kappa shape index (κ3) is 9.71. The first-order chi connectivity index (χ1) is 35.9. The minimum atomic E-state index is -2.07. The summed E-state index contributed by atoms with van der Waals surface area (Å²) in [4.78, 5) is 27.0. The van der Waals surface area contributed by atoms with E-state index in [2.05, 4.69) is 47.6 Å². The Morgan fingerprint density at radius 2 is 1.19 bits per heavy atom. The van der Waals surface area contributed by atoms with Gasteiger partial charge < -0.3 is 104 Å². The van der Waals surface area contributed by atoms with Crippen molar-refractivity contribution >= 4 is 11.8 Å². The highest BCUT2D eigenvalue weighted by Crippen LogP contribution is 2.75. The molecule has 0 radical (unpaired) electrons. The molecule has 13 N–H and O–H groups in total. The Bertz CT molecular complexity index is 2180. The molecule has 0 bridgehead atoms. The van der Waals surface area contributed by atoms with Crippen LogP contribution in [0.25, 0.3) is 0 Å². The van der Waals surface area contributed by atoms with Crippen molar-refractivity contribution < 1.29 is 114 Å². The van der Waals surface area contributed by atoms with Gasteiger partial charge in [0.05, 0.1) is 32.0 Å². The summed E-state index contributed by atoms with van der Waals surface area (Å²) in [7, 11) is 0. The van der Waals surface area contributed by atoms with Gasteiger partial charge in [-0.1, -0.05) is 60.1 Å². The normalized spacial score (nSPS) is 54.8. The fourth-order valence-corrected chi connectivity index (χ4v) is 16.4. The van der Waals surface area contributed by atoms with E-state index in [1.807, 2.05) is 6.92 Å². The van der Waals surface area contributed by atoms with Gasteiger partial charge in [0.25, 0.3) is 0 Å². The highest BCUT2D eigenvalue weighted by atomic mass is 16.8. The first-order valence-electron chi connectivity index (χ1n) is 27.6. The second-order valence-electron chi connectivity index (χ2n) is 26.2. The Morgan fingerprint density at radius 1 is 0.623 bits per heavy atom. The van der Waals surface area contributed by atoms with E-state index in [1.54, 1.807) is 0 Å². The van der Waals surface area contributed by atoms with Crippen LogP contribution in [0.3, 0.4) is 0 Å². The molecule has 0 unspecified atom stereocenters. The molecule has 9 rings (SSSR count). The SMILES string of the molecule is C[C@@H]1O[C@@H](O[C@H]2[C@H](O[C@H]3[C@@H](O[C@H]4CC[C@]5(C)[C@H]6CC=C7[C@@H]8C[C@](C)(CO[C@@H]9O[C@H](CO)[C@@H](O)[C@H](O)[C@H]9O)CC(=O)[C@]8(C)CC[C@@]7(C)[C@]6(C)CC[C@H]5C4(C)C)O[C@H](C(=O)O)[C@@H](O)[C@@H]3O)O[C@H](CO)[C@@H](O)[C@@H]2O)[C@H](O)[C@H](O)[C@H]1O. The van der Waals surface area contributed by atoms with Crippen molar-refractivity contribution in [3.63, 3.8) is 0 Å². The van der Waals surface area contributed by atoms with Gasteiger partial charge >= 0.3 is 5.97 Å². The maximum Gasteiger partial charge on any atom is 0.335 e. The maximum atomic E-state index is 14.5. The number of allylic oxidation sites excluding steroid dienone is 2. The number of rotatable bonds is 12. The number of Topliss-reactive ketones (excluding diaryl/α,β-unsaturated/α-hetero) is 1. The summed E-state index contributed by atoms with van der Waals surface area (Å²) in [5.41, 5.74) is -1.41. The Labute approximate surface area is 448 Å². The third-order valence-corrected chi connectivity index (χ3v) is 21.4. The van der Waals surface area contributed by atoms with E-state index in [9.17, 15) is 76.0 Å². The van der Waals surface area contributed by atoms with Crippen molar-refractivity contribution in [1.29, 1.82) is 0 Å². The number of carbonyl (C=O) groups is 2. The number of aliphatic hydroxyl groups is 12. The first kappa shape index (κ1) is 59.7. The van der Waals surface area contributed by atoms with E-state index in [0.717, 1.165) is 25.7 Å². The lowest BCUT2D eigenvalue weighted by Crippen LogP contribution is -2.68. The molecule has 0 spiro atoms. The lowest BCUT2D eigenvalue weighted by atomic mass is 9.33. The van der Waals surface area contributed by atoms with E-state index < -0.39 is 164 Å². The minimum absolute atomic E-state index is 0.0322. The topological polar surface area (TPSA) is 371 Å². The molecule has 23 nitrogen and oxygen atoms in total. The number of aliphatic hydroxyl groups excluding tert-OH is 12. The number of hydrogen-bond donors (Lipinski definition) is 13. The summed E-state index contributed by atoms with van der Waals surface area (Å²) in [5, 5.41) is 138. The van der Waals surface area contributed by atoms with E-state index in [0.29, 0.717) is 25.7 Å². The second kappa shape index (κ2) is 21.4. The lowest BCUT2D eigenvalue weighted by Gasteiger charge is -2.71. The van der Waals surface area contributed by atoms with Gasteiger partial charge in [0, 0.05) is 11.8 Å². The molecular formula is C54H86O23. The predicted octanol–water partition coefficient (Wildman–Crippen LogP) is -1.26. The lowest BCUT2D eigenvalue weighted by molar-refractivity contribution is -0.395. The summed E-state index contributed by atoms with van der Waals surface area (Å²) in [6, 6.07) is 0. The summed E-state index contributed by atoms with van der Waals surface area (Å²) in [6.45, 7) is 15.4. The van der Waals surface area contributed by atoms with Crippen LogP contribution < -0.4 is 0 Å². The zero-order valence-corrected chi connectivity index (χ0v) is 45.3. The number of ketones is 1. The molecule has 440 valence electrons. The zero-order chi connectivity index (χ0) is 56.4. The van der Waals surface area contributed by atoms with E-state index in [4.69, 9.17) is 37.9 Å². The number of ether oxygens (including phenoxy) is 8. The smallest absolute Gasteiger partial charge is 0.335 e. The highest BCUT2D eigenvalue weighted by Gasteiger charge is 2.70. The van der Waals surface area contributed by atoms with Crippen LogP contribution in [-0.4, -0.2) is 227 Å². The average molecular weight is 1100 g/mol. The molecule has 29 atom stereocenters. The Kier molecular flexibility index (Phi) is 16.6. The molecular weight excluding hydrogens is 1020 g/mol. The van der Waals surface area contributed by atoms with Crippen LogP contribution in [0.1, 0.15) is 113 Å². The van der Waals surface area contributed by atoms with Crippen LogP contribution in [0.5, 0.6) is 0 Å². The van der Waals surface area contributed by atoms with Crippen LogP contribution in [-0.2, 0) is 47.5 Å². The molecule has 77 heavy (non-hydrogen) atoms. The van der Waals surface area contributed by atoms with Gasteiger partial charge in [-0.15, -0.1) is 0 Å². The molecule has 0 aromatic carbocycles. The van der Waals surface area contributed by atoms with Crippen LogP contribution in [0.2, 0.25) is 0 Å². The standard InChI is InChI=1S/C54H86O23/c1-22-31(58)34(61)40(67)46(71-22)76-42-36(63)33(60)26(20-56)73-47(42)77-43-38(65)37(64)41(44(68)69)75-48(43)74-30-12-13-52(6)27(49(30,2)3)11-14-54(8)28(52)10-9-23-24-17-50(4,18-29(57)51(24,5)15-16-53(23,54)7)21-70-45-39(66)35(62)32(59)25(19-55)72-45/h9,22,24-28,30-43,45-48,55-56,58-67H,10-21H2,1-8H3,(H,68,69)/t22-,24-,25+,26+,27-,28+,30-,31-,32+,33+,34+,35-,36-,37-,38-,39+,40+,41-,42+,43+,45+,46-,47-,48-,50-,51+,52-,53+,54+/m0/s1. The van der Waals surface area contributed by atoms with Crippen molar-refractivity contribution in [2.75, 3.05) is 19.8 Å². The van der Waals surface area contributed by atoms with Crippen LogP contribution >= 0.6 is 0 Å². The maximum absolute atomic E-state index is 14.5. The number of aliphatic carboxylic acids is 1. The minimum Gasteiger partial charge on any atom is -0.479 e. The molecule has 0 aromatic heterocycles. The van der Waals surface area contributed by atoms with Gasteiger partial charge in [-0.3, -0.25) is 4.79 Å². The Balaban J connectivity index is 0.951. The molecule has 8 fully saturated rings. The molecule has 5 aliphatic carbocycles. The number of carboxylic acids is 1. The fraction of sp³-hybridized carbons (Fsp3) is 0.926. The highest BCUT2D eigenvalue weighted by molar-refractivity contribution is 5.87. The van der Waals surface area contributed by atoms with E-state index in [-0.39, 0.29) is 52.8 Å². The number of carboxylic acid groups (broad SMARTS) is 1. The van der Waals surface area contributed by atoms with Crippen molar-refractivity contribution in [3.8, 4) is 0 Å². The quantitative estimate of drug-likeness (QED) is 0.0801. The van der Waals surface area contributed by atoms with Crippen LogP contribution in [0.15, 0.2) is 11.6 Å². The van der Waals surface area contributed by atoms with Crippen LogP contribution in [0.4, 0.5) is 0 Å². The van der Waals surface area contributed by atoms with Crippen molar-refractivity contribution in [2.24, 2.45) is 50.2 Å². The van der Waals surface area contributed by atoms with Gasteiger partial charge in [0.15, 0.2) is 31.3 Å². The van der Waals surface area contributed by atoms with Gasteiger partial charge in [0.1, 0.15) is 91.2 Å². The van der Waals surface area contributed by atoms with Gasteiger partial charge in [0.2, 0.25) is 0 Å². The van der Waals surface area contributed by atoms with Gasteiger partial charge in [-0.2, -0.15) is 0 Å². The summed E-state index contributed by atoms with van der Waals surface area (Å²) in [5.74, 6) is -1.34. The largest absolute Gasteiger partial charge is 0.479 e. The number of hydrogen-bond acceptors (Lipinski definition) is 22. The van der Waals surface area contributed by atoms with Crippen molar-refractivity contribution in [3.05, 3.63) is 11.6 Å². The third-order valence-electron chi connectivity index (χ3n) is 21.4. The Hall–Kier alpha value is -1.92. The number of fused-ring (bicyclic) bond motifs is 7. The van der Waals surface area contributed by atoms with Gasteiger partial charge in [-0.25, -0.2) is 4.79 Å². The first-order valence-corrected chi connectivity index (χ1v) is 27.6. The van der Waals surface area contributed by atoms with Gasteiger partial charge in [-0.05, 0) is 103 Å². The van der Waals surface area contributed by atoms with Crippen molar-refractivity contribution in [1.82, 2.24) is 0 Å². The molecule has 4 saturated carbocycles. The predicted molar refractivity (Wildman–Crippen MR) is 262 cm³/mol. The molecule has 4 aliphatic heterocycles. The molecule has 23 heteroatoms. The van der Waals surface area contributed by atoms with E-state index >= 15 is 0 Å². The summed E-state index contributed by atoms with van der Waals surface area (Å²) in [6.07, 6.45) is -25.8. The molecule has 4 heterocycles. The molecule has 9 aliphatic rings. The fourth-order valence-electron chi connectivity index (χ4n) is 16.4. The average Bonchev–Trinajstić information content (AvgIpc) is 3.38. The molecule has 0 aromatic rings. The van der Waals surface area contributed by atoms with Crippen molar-refractivity contribution in [2.45, 2.75) is 242 Å². The summed E-state index contributed by atoms with van der Waals surface area (Å²) < 4.78 is 48.2. The van der Waals surface area contributed by atoms with E-state index in [1.165, 1.54) is 12.5 Å². The summed E-state index contributed by atoms with van der Waals surface area (Å²) >= 11 is 0. The Morgan fingerprint density at radius 3 is 1.83 bits per heavy atom. The van der Waals surface area contributed by atoms with Crippen LogP contribution in [0, 0.1) is 50.2 Å². The number of carbonyl (C=O) groups excluding carboxylic acids is 1. The second-order valence-corrected chi connectivity index (χ2v) is 26.2. The molecule has 4 saturated heterocycles.